The molecule has 0 spiro atoms. The van der Waals surface area contributed by atoms with E-state index in [4.69, 9.17) is 0 Å². The lowest BCUT2D eigenvalue weighted by molar-refractivity contribution is -0.117. The predicted octanol–water partition coefficient (Wildman–Crippen LogP) is 3.60. The minimum absolute atomic E-state index is 0.000763. The van der Waals surface area contributed by atoms with Gasteiger partial charge in [0.05, 0.1) is 30.7 Å². The Kier molecular flexibility index (Phi) is 6.44. The van der Waals surface area contributed by atoms with Crippen molar-refractivity contribution in [1.29, 1.82) is 0 Å². The van der Waals surface area contributed by atoms with Gasteiger partial charge in [-0.3, -0.25) is 14.4 Å². The van der Waals surface area contributed by atoms with E-state index in [9.17, 15) is 4.79 Å². The van der Waals surface area contributed by atoms with Crippen molar-refractivity contribution in [2.45, 2.75) is 25.9 Å². The third-order valence-electron chi connectivity index (χ3n) is 5.37. The smallest absolute Gasteiger partial charge is 0.238 e. The first-order valence-corrected chi connectivity index (χ1v) is 10.5. The van der Waals surface area contributed by atoms with Crippen molar-refractivity contribution < 1.29 is 4.79 Å². The molecular formula is C24H29N5O. The van der Waals surface area contributed by atoms with Crippen molar-refractivity contribution in [3.8, 4) is 0 Å². The fourth-order valence-corrected chi connectivity index (χ4v) is 3.96. The maximum Gasteiger partial charge on any atom is 0.238 e. The van der Waals surface area contributed by atoms with Gasteiger partial charge >= 0.3 is 0 Å². The molecule has 1 aliphatic heterocycles. The van der Waals surface area contributed by atoms with E-state index in [0.717, 1.165) is 36.6 Å². The van der Waals surface area contributed by atoms with Gasteiger partial charge in [-0.05, 0) is 37.6 Å². The molecule has 1 N–H and O–H groups in total. The zero-order valence-electron chi connectivity index (χ0n) is 17.5. The monoisotopic (exact) mass is 403 g/mol. The SMILES string of the molecule is CN(CC(=O)Nc1ccccc1N1CCCC1)Cc1cnn(Cc2ccccc2)c1. The summed E-state index contributed by atoms with van der Waals surface area (Å²) in [6, 6.07) is 18.4. The molecule has 30 heavy (non-hydrogen) atoms. The lowest BCUT2D eigenvalue weighted by atomic mass is 10.2. The number of benzene rings is 2. The van der Waals surface area contributed by atoms with Crippen molar-refractivity contribution in [2.75, 3.05) is 36.9 Å². The van der Waals surface area contributed by atoms with Gasteiger partial charge in [-0.2, -0.15) is 5.10 Å². The maximum atomic E-state index is 12.6. The fourth-order valence-electron chi connectivity index (χ4n) is 3.96. The van der Waals surface area contributed by atoms with E-state index in [1.54, 1.807) is 0 Å². The average Bonchev–Trinajstić information content (AvgIpc) is 3.41. The minimum Gasteiger partial charge on any atom is -0.370 e. The first-order chi connectivity index (χ1) is 14.7. The summed E-state index contributed by atoms with van der Waals surface area (Å²) >= 11 is 0. The van der Waals surface area contributed by atoms with Gasteiger partial charge in [-0.25, -0.2) is 0 Å². The second kappa shape index (κ2) is 9.59. The number of carbonyl (C=O) groups is 1. The summed E-state index contributed by atoms with van der Waals surface area (Å²) in [5.41, 5.74) is 4.33. The van der Waals surface area contributed by atoms with Gasteiger partial charge in [-0.15, -0.1) is 0 Å². The van der Waals surface area contributed by atoms with Gasteiger partial charge in [0, 0.05) is 31.4 Å². The topological polar surface area (TPSA) is 53.4 Å². The third-order valence-corrected chi connectivity index (χ3v) is 5.37. The van der Waals surface area contributed by atoms with Crippen molar-refractivity contribution in [3.63, 3.8) is 0 Å². The second-order valence-electron chi connectivity index (χ2n) is 7.96. The summed E-state index contributed by atoms with van der Waals surface area (Å²) in [6.07, 6.45) is 6.34. The highest BCUT2D eigenvalue weighted by molar-refractivity contribution is 5.95. The lowest BCUT2D eigenvalue weighted by Gasteiger charge is -2.22. The number of para-hydroxylation sites is 2. The molecule has 2 heterocycles. The Morgan fingerprint density at radius 3 is 2.57 bits per heavy atom. The first kappa shape index (κ1) is 20.2. The number of rotatable bonds is 8. The Bertz CT molecular complexity index is 962. The standard InChI is InChI=1S/C24H29N5O/c1-27(16-21-15-25-29(18-21)17-20-9-3-2-4-10-20)19-24(30)26-22-11-5-6-12-23(22)28-13-7-8-14-28/h2-6,9-12,15,18H,7-8,13-14,16-17,19H2,1H3,(H,26,30). The summed E-state index contributed by atoms with van der Waals surface area (Å²) in [6.45, 7) is 3.87. The normalized spacial score (nSPS) is 13.7. The average molecular weight is 404 g/mol. The number of nitrogens with zero attached hydrogens (tertiary/aromatic N) is 4. The summed E-state index contributed by atoms with van der Waals surface area (Å²) in [7, 11) is 1.96. The van der Waals surface area contributed by atoms with E-state index < -0.39 is 0 Å². The minimum atomic E-state index is 0.000763. The van der Waals surface area contributed by atoms with E-state index in [1.807, 2.05) is 65.4 Å². The zero-order chi connectivity index (χ0) is 20.8. The molecule has 156 valence electrons. The van der Waals surface area contributed by atoms with Crippen molar-refractivity contribution >= 4 is 17.3 Å². The molecule has 6 heteroatoms. The fraction of sp³-hybridized carbons (Fsp3) is 0.333. The van der Waals surface area contributed by atoms with Crippen LogP contribution in [0.3, 0.4) is 0 Å². The van der Waals surface area contributed by atoms with Gasteiger partial charge in [0.1, 0.15) is 0 Å². The van der Waals surface area contributed by atoms with Crippen LogP contribution < -0.4 is 10.2 Å². The molecule has 6 nitrogen and oxygen atoms in total. The maximum absolute atomic E-state index is 12.6. The Labute approximate surface area is 178 Å². The van der Waals surface area contributed by atoms with E-state index in [0.29, 0.717) is 13.1 Å². The van der Waals surface area contributed by atoms with E-state index >= 15 is 0 Å². The summed E-state index contributed by atoms with van der Waals surface area (Å²) in [5, 5.41) is 7.55. The van der Waals surface area contributed by atoms with Gasteiger partial charge in [0.25, 0.3) is 0 Å². The highest BCUT2D eigenvalue weighted by Gasteiger charge is 2.17. The summed E-state index contributed by atoms with van der Waals surface area (Å²) in [4.78, 5) is 17.0. The number of aromatic nitrogens is 2. The quantitative estimate of drug-likeness (QED) is 0.624. The van der Waals surface area contributed by atoms with Gasteiger partial charge < -0.3 is 10.2 Å². The van der Waals surface area contributed by atoms with Crippen LogP contribution in [0.15, 0.2) is 67.0 Å². The molecule has 1 fully saturated rings. The third kappa shape index (κ3) is 5.27. The first-order valence-electron chi connectivity index (χ1n) is 10.5. The van der Waals surface area contributed by atoms with Gasteiger partial charge in [0.2, 0.25) is 5.91 Å². The van der Waals surface area contributed by atoms with Crippen molar-refractivity contribution in [3.05, 3.63) is 78.1 Å². The molecule has 4 rings (SSSR count). The Hall–Kier alpha value is -3.12. The molecule has 2 aromatic carbocycles. The Balaban J connectivity index is 1.30. The molecule has 0 aliphatic carbocycles. The molecule has 3 aromatic rings. The van der Waals surface area contributed by atoms with Crippen LogP contribution in [0.4, 0.5) is 11.4 Å². The zero-order valence-corrected chi connectivity index (χ0v) is 17.5. The highest BCUT2D eigenvalue weighted by atomic mass is 16.2. The largest absolute Gasteiger partial charge is 0.370 e. The van der Waals surface area contributed by atoms with Gasteiger partial charge in [0.15, 0.2) is 0 Å². The van der Waals surface area contributed by atoms with Crippen LogP contribution in [-0.4, -0.2) is 47.3 Å². The molecule has 1 aromatic heterocycles. The molecule has 1 aliphatic rings. The number of amides is 1. The van der Waals surface area contributed by atoms with Crippen LogP contribution >= 0.6 is 0 Å². The van der Waals surface area contributed by atoms with E-state index in [-0.39, 0.29) is 5.91 Å². The van der Waals surface area contributed by atoms with Crippen LogP contribution in [0, 0.1) is 0 Å². The van der Waals surface area contributed by atoms with Crippen LogP contribution in [0.1, 0.15) is 24.0 Å². The van der Waals surface area contributed by atoms with Crippen molar-refractivity contribution in [1.82, 2.24) is 14.7 Å². The Morgan fingerprint density at radius 1 is 1.03 bits per heavy atom. The molecule has 0 unspecified atom stereocenters. The number of carbonyl (C=O) groups excluding carboxylic acids is 1. The van der Waals surface area contributed by atoms with E-state index in [1.165, 1.54) is 18.4 Å². The number of hydrogen-bond donors (Lipinski definition) is 1. The van der Waals surface area contributed by atoms with Crippen LogP contribution in [-0.2, 0) is 17.9 Å². The summed E-state index contributed by atoms with van der Waals surface area (Å²) in [5.74, 6) is 0.000763. The Morgan fingerprint density at radius 2 is 1.77 bits per heavy atom. The predicted molar refractivity (Wildman–Crippen MR) is 121 cm³/mol. The molecule has 0 atom stereocenters. The van der Waals surface area contributed by atoms with Crippen molar-refractivity contribution in [2.24, 2.45) is 0 Å². The number of hydrogen-bond acceptors (Lipinski definition) is 4. The molecule has 0 bridgehead atoms. The number of nitrogens with one attached hydrogen (secondary N) is 1. The molecular weight excluding hydrogens is 374 g/mol. The molecule has 1 saturated heterocycles. The molecule has 1 amide bonds. The molecule has 0 radical (unpaired) electrons. The van der Waals surface area contributed by atoms with Gasteiger partial charge in [-0.1, -0.05) is 42.5 Å². The van der Waals surface area contributed by atoms with Crippen LogP contribution in [0.25, 0.3) is 0 Å². The van der Waals surface area contributed by atoms with Crippen LogP contribution in [0.2, 0.25) is 0 Å². The highest BCUT2D eigenvalue weighted by Crippen LogP contribution is 2.28. The lowest BCUT2D eigenvalue weighted by Crippen LogP contribution is -2.30. The summed E-state index contributed by atoms with van der Waals surface area (Å²) < 4.78 is 1.94. The molecule has 0 saturated carbocycles. The van der Waals surface area contributed by atoms with E-state index in [2.05, 4.69) is 33.5 Å². The number of likely N-dealkylation sites (N-methyl/N-ethyl adjacent to an activating group) is 1. The number of anilines is 2. The second-order valence-corrected chi connectivity index (χ2v) is 7.96. The van der Waals surface area contributed by atoms with Crippen LogP contribution in [0.5, 0.6) is 0 Å².